The van der Waals surface area contributed by atoms with Crippen molar-refractivity contribution in [3.63, 3.8) is 0 Å². The standard InChI is InChI=1S/C14H27Cl2NO7S/c1-13(18)24-9-8-22-5-4-21-6-7-23-10-11-25(19,20)12-14(2,3)17(15)16/h4-12H2,1-3H3. The van der Waals surface area contributed by atoms with E-state index in [9.17, 15) is 13.2 Å². The van der Waals surface area contributed by atoms with Gasteiger partial charge in [-0.05, 0) is 37.4 Å². The topological polar surface area (TPSA) is 91.4 Å². The smallest absolute Gasteiger partial charge is 0.302 e. The molecule has 0 aromatic rings. The van der Waals surface area contributed by atoms with E-state index >= 15 is 0 Å². The molecule has 0 amide bonds. The number of ether oxygens (including phenoxy) is 4. The number of nitrogens with zero attached hydrogens (tertiary/aromatic N) is 1. The van der Waals surface area contributed by atoms with Gasteiger partial charge < -0.3 is 18.9 Å². The van der Waals surface area contributed by atoms with Crippen LogP contribution in [0.15, 0.2) is 0 Å². The predicted octanol–water partition coefficient (Wildman–Crippen LogP) is 1.40. The van der Waals surface area contributed by atoms with Crippen LogP contribution in [0.5, 0.6) is 0 Å². The van der Waals surface area contributed by atoms with Crippen LogP contribution < -0.4 is 0 Å². The molecular weight excluding hydrogens is 397 g/mol. The van der Waals surface area contributed by atoms with Gasteiger partial charge in [0.25, 0.3) is 0 Å². The molecule has 0 aliphatic carbocycles. The highest BCUT2D eigenvalue weighted by Crippen LogP contribution is 2.21. The van der Waals surface area contributed by atoms with Gasteiger partial charge in [-0.15, -0.1) is 3.94 Å². The van der Waals surface area contributed by atoms with Crippen LogP contribution in [0.4, 0.5) is 0 Å². The van der Waals surface area contributed by atoms with Crippen molar-refractivity contribution < 1.29 is 32.2 Å². The van der Waals surface area contributed by atoms with E-state index in [2.05, 4.69) is 0 Å². The Morgan fingerprint density at radius 3 is 1.80 bits per heavy atom. The molecular formula is C14H27Cl2NO7S. The molecule has 0 aliphatic heterocycles. The average Bonchev–Trinajstić information content (AvgIpc) is 2.46. The summed E-state index contributed by atoms with van der Waals surface area (Å²) in [7, 11) is -3.33. The number of halogens is 2. The number of hydrogen-bond donors (Lipinski definition) is 0. The summed E-state index contributed by atoms with van der Waals surface area (Å²) in [4.78, 5) is 10.5. The van der Waals surface area contributed by atoms with Crippen LogP contribution in [0.1, 0.15) is 20.8 Å². The molecule has 25 heavy (non-hydrogen) atoms. The van der Waals surface area contributed by atoms with Gasteiger partial charge in [0.05, 0.1) is 56.7 Å². The summed E-state index contributed by atoms with van der Waals surface area (Å²) >= 11 is 11.2. The SMILES string of the molecule is CC(=O)OCCOCCOCCOCCS(=O)(=O)CC(C)(C)N(Cl)Cl. The van der Waals surface area contributed by atoms with E-state index in [1.807, 2.05) is 0 Å². The van der Waals surface area contributed by atoms with E-state index in [4.69, 9.17) is 42.5 Å². The summed E-state index contributed by atoms with van der Waals surface area (Å²) in [5.74, 6) is -0.625. The molecule has 150 valence electrons. The Bertz CT molecular complexity index is 472. The lowest BCUT2D eigenvalue weighted by Gasteiger charge is -2.26. The van der Waals surface area contributed by atoms with Gasteiger partial charge in [0.2, 0.25) is 0 Å². The lowest BCUT2D eigenvalue weighted by molar-refractivity contribution is -0.142. The van der Waals surface area contributed by atoms with E-state index in [0.717, 1.165) is 3.94 Å². The van der Waals surface area contributed by atoms with Crippen molar-refractivity contribution in [2.75, 3.05) is 57.8 Å². The molecule has 0 saturated carbocycles. The molecule has 0 saturated heterocycles. The van der Waals surface area contributed by atoms with Crippen molar-refractivity contribution in [1.29, 1.82) is 0 Å². The Balaban J connectivity index is 3.56. The fraction of sp³-hybridized carbons (Fsp3) is 0.929. The van der Waals surface area contributed by atoms with Gasteiger partial charge in [0.1, 0.15) is 6.61 Å². The fourth-order valence-corrected chi connectivity index (χ4v) is 3.61. The second-order valence-corrected chi connectivity index (χ2v) is 8.85. The third-order valence-corrected chi connectivity index (χ3v) is 5.70. The zero-order valence-corrected chi connectivity index (χ0v) is 17.2. The number of rotatable bonds is 15. The molecule has 0 atom stereocenters. The molecule has 8 nitrogen and oxygen atoms in total. The highest BCUT2D eigenvalue weighted by atomic mass is 35.5. The Morgan fingerprint density at radius 2 is 1.36 bits per heavy atom. The van der Waals surface area contributed by atoms with Gasteiger partial charge >= 0.3 is 5.97 Å². The number of hydrogen-bond acceptors (Lipinski definition) is 8. The molecule has 0 rings (SSSR count). The molecule has 0 unspecified atom stereocenters. The first-order valence-corrected chi connectivity index (χ1v) is 10.3. The zero-order valence-electron chi connectivity index (χ0n) is 14.8. The van der Waals surface area contributed by atoms with E-state index < -0.39 is 15.4 Å². The largest absolute Gasteiger partial charge is 0.463 e. The minimum Gasteiger partial charge on any atom is -0.463 e. The first-order chi connectivity index (χ1) is 11.6. The number of carbonyl (C=O) groups is 1. The number of esters is 1. The molecule has 0 spiro atoms. The molecule has 0 heterocycles. The summed E-state index contributed by atoms with van der Waals surface area (Å²) in [5, 5.41) is 0. The van der Waals surface area contributed by atoms with Crippen molar-refractivity contribution in [2.24, 2.45) is 0 Å². The molecule has 11 heteroatoms. The normalized spacial score (nSPS) is 12.6. The third-order valence-electron chi connectivity index (χ3n) is 2.85. The van der Waals surface area contributed by atoms with Crippen LogP contribution >= 0.6 is 23.6 Å². The van der Waals surface area contributed by atoms with Gasteiger partial charge in [-0.1, -0.05) is 0 Å². The molecule has 0 aliphatic rings. The van der Waals surface area contributed by atoms with Crippen LogP contribution in [0.25, 0.3) is 0 Å². The quantitative estimate of drug-likeness (QED) is 0.221. The number of carbonyl (C=O) groups excluding carboxylic acids is 1. The second-order valence-electron chi connectivity index (χ2n) is 5.81. The average molecular weight is 424 g/mol. The Hall–Kier alpha value is -0.160. The van der Waals surface area contributed by atoms with Gasteiger partial charge in [0.15, 0.2) is 9.84 Å². The summed E-state index contributed by atoms with van der Waals surface area (Å²) in [6, 6.07) is 0. The summed E-state index contributed by atoms with van der Waals surface area (Å²) in [5.41, 5.74) is -0.874. The second kappa shape index (κ2) is 13.1. The highest BCUT2D eigenvalue weighted by molar-refractivity contribution is 7.91. The lowest BCUT2D eigenvalue weighted by Crippen LogP contribution is -2.40. The Kier molecular flexibility index (Phi) is 13.0. The van der Waals surface area contributed by atoms with E-state index in [1.54, 1.807) is 13.8 Å². The minimum absolute atomic E-state index is 0.0746. The van der Waals surface area contributed by atoms with Gasteiger partial charge in [-0.25, -0.2) is 8.42 Å². The van der Waals surface area contributed by atoms with Crippen molar-refractivity contribution in [1.82, 2.24) is 3.94 Å². The van der Waals surface area contributed by atoms with Crippen LogP contribution in [-0.2, 0) is 33.6 Å². The summed E-state index contributed by atoms with van der Waals surface area (Å²) in [6.07, 6.45) is 0. The maximum absolute atomic E-state index is 12.0. The molecule has 0 aromatic heterocycles. The maximum atomic E-state index is 12.0. The van der Waals surface area contributed by atoms with Crippen LogP contribution in [0, 0.1) is 0 Å². The molecule has 0 aromatic carbocycles. The van der Waals surface area contributed by atoms with Gasteiger partial charge in [0, 0.05) is 6.92 Å². The van der Waals surface area contributed by atoms with Crippen LogP contribution in [0.2, 0.25) is 0 Å². The van der Waals surface area contributed by atoms with Crippen molar-refractivity contribution in [3.05, 3.63) is 0 Å². The summed E-state index contributed by atoms with van der Waals surface area (Å²) < 4.78 is 45.1. The first-order valence-electron chi connectivity index (χ1n) is 7.75. The summed E-state index contributed by atoms with van der Waals surface area (Å²) in [6.45, 7) is 6.56. The zero-order chi connectivity index (χ0) is 19.3. The highest BCUT2D eigenvalue weighted by Gasteiger charge is 2.30. The molecule has 0 bridgehead atoms. The van der Waals surface area contributed by atoms with Gasteiger partial charge in [-0.2, -0.15) is 0 Å². The predicted molar refractivity (Wildman–Crippen MR) is 95.4 cm³/mol. The maximum Gasteiger partial charge on any atom is 0.302 e. The lowest BCUT2D eigenvalue weighted by atomic mass is 10.1. The van der Waals surface area contributed by atoms with E-state index in [1.165, 1.54) is 6.92 Å². The van der Waals surface area contributed by atoms with E-state index in [-0.39, 0.29) is 37.3 Å². The Labute approximate surface area is 159 Å². The number of sulfone groups is 1. The first kappa shape index (κ1) is 24.8. The minimum atomic E-state index is -3.33. The van der Waals surface area contributed by atoms with Crippen molar-refractivity contribution >= 4 is 39.4 Å². The Morgan fingerprint density at radius 1 is 0.920 bits per heavy atom. The van der Waals surface area contributed by atoms with Crippen LogP contribution in [-0.4, -0.2) is 81.6 Å². The van der Waals surface area contributed by atoms with Crippen molar-refractivity contribution in [2.45, 2.75) is 26.3 Å². The van der Waals surface area contributed by atoms with Crippen molar-refractivity contribution in [3.8, 4) is 0 Å². The molecule has 0 N–H and O–H groups in total. The fourth-order valence-electron chi connectivity index (χ4n) is 1.63. The molecule has 0 radical (unpaired) electrons. The monoisotopic (exact) mass is 423 g/mol. The van der Waals surface area contributed by atoms with Crippen LogP contribution in [0.3, 0.4) is 0 Å². The van der Waals surface area contributed by atoms with Gasteiger partial charge in [-0.3, -0.25) is 4.79 Å². The van der Waals surface area contributed by atoms with E-state index in [0.29, 0.717) is 26.4 Å². The molecule has 0 fully saturated rings. The third kappa shape index (κ3) is 14.7.